The fourth-order valence-electron chi connectivity index (χ4n) is 3.35. The predicted octanol–water partition coefficient (Wildman–Crippen LogP) is 2.75. The summed E-state index contributed by atoms with van der Waals surface area (Å²) in [6.07, 6.45) is 3.04. The molecule has 1 fully saturated rings. The molecule has 3 N–H and O–H groups in total. The minimum Gasteiger partial charge on any atom is -0.494 e. The molecule has 0 radical (unpaired) electrons. The maximum absolute atomic E-state index is 12.0. The summed E-state index contributed by atoms with van der Waals surface area (Å²) in [5.74, 6) is 1.60. The topological polar surface area (TPSA) is 119 Å². The lowest BCUT2D eigenvalue weighted by atomic mass is 10.2. The number of carbonyl (C=O) groups excluding carboxylic acids is 1. The van der Waals surface area contributed by atoms with E-state index in [0.717, 1.165) is 12.1 Å². The maximum atomic E-state index is 12.0. The lowest BCUT2D eigenvalue weighted by Gasteiger charge is -2.18. The summed E-state index contributed by atoms with van der Waals surface area (Å²) in [6.45, 7) is 0.716. The van der Waals surface area contributed by atoms with Gasteiger partial charge in [-0.05, 0) is 18.6 Å². The summed E-state index contributed by atoms with van der Waals surface area (Å²) in [6, 6.07) is 7.65. The van der Waals surface area contributed by atoms with E-state index in [0.29, 0.717) is 52.8 Å². The zero-order chi connectivity index (χ0) is 19.7. The lowest BCUT2D eigenvalue weighted by molar-refractivity contribution is -0.117. The summed E-state index contributed by atoms with van der Waals surface area (Å²) in [5.41, 5.74) is 2.51. The van der Waals surface area contributed by atoms with Gasteiger partial charge in [0.25, 0.3) is 0 Å². The van der Waals surface area contributed by atoms with Crippen molar-refractivity contribution in [1.29, 1.82) is 5.26 Å². The Kier molecular flexibility index (Phi) is 4.45. The number of aromatic amines is 1. The molecule has 0 bridgehead atoms. The quantitative estimate of drug-likeness (QED) is 0.625. The van der Waals surface area contributed by atoms with Gasteiger partial charge in [0.15, 0.2) is 0 Å². The molecule has 3 aromatic rings. The molecule has 0 unspecified atom stereocenters. The Labute approximate surface area is 161 Å². The fraction of sp³-hybridized carbons (Fsp3) is 0.263. The molecule has 1 saturated heterocycles. The van der Waals surface area contributed by atoms with E-state index in [1.807, 2.05) is 18.2 Å². The zero-order valence-corrected chi connectivity index (χ0v) is 15.5. The van der Waals surface area contributed by atoms with Crippen LogP contribution in [0.4, 0.5) is 23.1 Å². The number of hydrogen-bond donors (Lipinski definition) is 3. The van der Waals surface area contributed by atoms with E-state index in [1.165, 1.54) is 0 Å². The highest BCUT2D eigenvalue weighted by Gasteiger charge is 2.23. The van der Waals surface area contributed by atoms with Crippen LogP contribution in [0.25, 0.3) is 11.0 Å². The molecule has 0 spiro atoms. The van der Waals surface area contributed by atoms with Crippen molar-refractivity contribution < 1.29 is 9.53 Å². The number of aromatic nitrogens is 3. The zero-order valence-electron chi connectivity index (χ0n) is 15.5. The van der Waals surface area contributed by atoms with Gasteiger partial charge in [0.1, 0.15) is 23.3 Å². The van der Waals surface area contributed by atoms with Crippen molar-refractivity contribution >= 4 is 40.1 Å². The maximum Gasteiger partial charge on any atom is 0.231 e. The summed E-state index contributed by atoms with van der Waals surface area (Å²) in [4.78, 5) is 25.6. The standard InChI is InChI=1S/C19H19N7O2/c1-21-17-16-11(9-20)10-22-18(16)25-19(24-17)23-13-6-5-12(8-14(13)28-2)26-7-3-4-15(26)27/h5-6,8,10H,3-4,7H2,1-2H3,(H3,21,22,23,24,25). The first kappa shape index (κ1) is 17.6. The van der Waals surface area contributed by atoms with E-state index in [-0.39, 0.29) is 5.91 Å². The molecule has 3 heterocycles. The minimum absolute atomic E-state index is 0.121. The number of rotatable bonds is 5. The van der Waals surface area contributed by atoms with Gasteiger partial charge in [0.2, 0.25) is 11.9 Å². The van der Waals surface area contributed by atoms with Crippen molar-refractivity contribution in [3.63, 3.8) is 0 Å². The average Bonchev–Trinajstić information content (AvgIpc) is 3.33. The normalized spacial score (nSPS) is 13.6. The summed E-state index contributed by atoms with van der Waals surface area (Å²) < 4.78 is 5.50. The van der Waals surface area contributed by atoms with Crippen LogP contribution in [0.2, 0.25) is 0 Å². The number of nitriles is 1. The smallest absolute Gasteiger partial charge is 0.231 e. The number of carbonyl (C=O) groups is 1. The highest BCUT2D eigenvalue weighted by atomic mass is 16.5. The minimum atomic E-state index is 0.121. The third kappa shape index (κ3) is 2.95. The van der Waals surface area contributed by atoms with Gasteiger partial charge in [-0.1, -0.05) is 0 Å². The molecule has 0 atom stereocenters. The van der Waals surface area contributed by atoms with Gasteiger partial charge in [0.05, 0.1) is 23.7 Å². The molecule has 142 valence electrons. The molecule has 0 aliphatic carbocycles. The van der Waals surface area contributed by atoms with E-state index in [2.05, 4.69) is 31.7 Å². The number of fused-ring (bicyclic) bond motifs is 1. The Morgan fingerprint density at radius 2 is 2.21 bits per heavy atom. The van der Waals surface area contributed by atoms with Crippen LogP contribution in [0.15, 0.2) is 24.4 Å². The molecule has 1 aliphatic heterocycles. The summed E-state index contributed by atoms with van der Waals surface area (Å²) in [7, 11) is 3.31. The number of anilines is 4. The van der Waals surface area contributed by atoms with Crippen molar-refractivity contribution in [2.45, 2.75) is 12.8 Å². The number of benzene rings is 1. The third-order valence-corrected chi connectivity index (χ3v) is 4.71. The number of amides is 1. The molecular formula is C19H19N7O2. The average molecular weight is 377 g/mol. The van der Waals surface area contributed by atoms with Crippen molar-refractivity contribution in [1.82, 2.24) is 15.0 Å². The van der Waals surface area contributed by atoms with Crippen LogP contribution in [0, 0.1) is 11.3 Å². The van der Waals surface area contributed by atoms with E-state index in [4.69, 9.17) is 4.74 Å². The summed E-state index contributed by atoms with van der Waals surface area (Å²) >= 11 is 0. The van der Waals surface area contributed by atoms with Crippen LogP contribution in [0.1, 0.15) is 18.4 Å². The van der Waals surface area contributed by atoms with Gasteiger partial charge in [-0.15, -0.1) is 0 Å². The Balaban J connectivity index is 1.69. The Morgan fingerprint density at radius 1 is 1.36 bits per heavy atom. The van der Waals surface area contributed by atoms with Gasteiger partial charge >= 0.3 is 0 Å². The third-order valence-electron chi connectivity index (χ3n) is 4.71. The Morgan fingerprint density at radius 3 is 2.89 bits per heavy atom. The molecule has 9 heteroatoms. The molecule has 1 amide bonds. The number of methoxy groups -OCH3 is 1. The Bertz CT molecular complexity index is 1100. The molecule has 1 aliphatic rings. The molecule has 2 aromatic heterocycles. The second kappa shape index (κ2) is 7.08. The second-order valence-corrected chi connectivity index (χ2v) is 6.34. The summed E-state index contributed by atoms with van der Waals surface area (Å²) in [5, 5.41) is 16.0. The van der Waals surface area contributed by atoms with E-state index >= 15 is 0 Å². The molecule has 1 aromatic carbocycles. The van der Waals surface area contributed by atoms with Gasteiger partial charge < -0.3 is 25.3 Å². The van der Waals surface area contributed by atoms with Crippen LogP contribution in [-0.2, 0) is 4.79 Å². The first-order chi connectivity index (χ1) is 13.6. The number of nitrogens with one attached hydrogen (secondary N) is 3. The number of ether oxygens (including phenoxy) is 1. The largest absolute Gasteiger partial charge is 0.494 e. The highest BCUT2D eigenvalue weighted by molar-refractivity contribution is 5.96. The van der Waals surface area contributed by atoms with Crippen LogP contribution < -0.4 is 20.3 Å². The lowest BCUT2D eigenvalue weighted by Crippen LogP contribution is -2.23. The van der Waals surface area contributed by atoms with Gasteiger partial charge in [-0.2, -0.15) is 15.2 Å². The van der Waals surface area contributed by atoms with Crippen molar-refractivity contribution in [2.75, 3.05) is 36.2 Å². The van der Waals surface area contributed by atoms with Crippen molar-refractivity contribution in [2.24, 2.45) is 0 Å². The first-order valence-electron chi connectivity index (χ1n) is 8.87. The fourth-order valence-corrected chi connectivity index (χ4v) is 3.35. The molecule has 9 nitrogen and oxygen atoms in total. The van der Waals surface area contributed by atoms with Gasteiger partial charge in [-0.3, -0.25) is 4.79 Å². The highest BCUT2D eigenvalue weighted by Crippen LogP contribution is 2.34. The molecule has 28 heavy (non-hydrogen) atoms. The first-order valence-corrected chi connectivity index (χ1v) is 8.87. The molecule has 0 saturated carbocycles. The molecule has 4 rings (SSSR count). The van der Waals surface area contributed by atoms with Gasteiger partial charge in [0, 0.05) is 38.0 Å². The van der Waals surface area contributed by atoms with Gasteiger partial charge in [-0.25, -0.2) is 0 Å². The van der Waals surface area contributed by atoms with E-state index < -0.39 is 0 Å². The van der Waals surface area contributed by atoms with Crippen molar-refractivity contribution in [3.8, 4) is 11.8 Å². The Hall–Kier alpha value is -3.80. The van der Waals surface area contributed by atoms with Crippen molar-refractivity contribution in [3.05, 3.63) is 30.0 Å². The molecular weight excluding hydrogens is 358 g/mol. The van der Waals surface area contributed by atoms with Crippen LogP contribution in [0.3, 0.4) is 0 Å². The monoisotopic (exact) mass is 377 g/mol. The number of nitrogens with zero attached hydrogens (tertiary/aromatic N) is 4. The number of H-pyrrole nitrogens is 1. The SMILES string of the molecule is CNc1nc(Nc2ccc(N3CCCC3=O)cc2OC)nc2[nH]cc(C#N)c12. The predicted molar refractivity (Wildman–Crippen MR) is 106 cm³/mol. The van der Waals surface area contributed by atoms with E-state index in [9.17, 15) is 10.1 Å². The second-order valence-electron chi connectivity index (χ2n) is 6.34. The van der Waals surface area contributed by atoms with Crippen LogP contribution in [-0.4, -0.2) is 41.6 Å². The number of hydrogen-bond acceptors (Lipinski definition) is 7. The van der Waals surface area contributed by atoms with Crippen LogP contribution >= 0.6 is 0 Å². The van der Waals surface area contributed by atoms with Crippen LogP contribution in [0.5, 0.6) is 5.75 Å². The van der Waals surface area contributed by atoms with E-state index in [1.54, 1.807) is 25.3 Å².